The van der Waals surface area contributed by atoms with Gasteiger partial charge in [-0.25, -0.2) is 0 Å². The number of amides is 3. The molecular formula is C34H40N6O5. The van der Waals surface area contributed by atoms with Gasteiger partial charge in [-0.1, -0.05) is 26.0 Å². The Balaban J connectivity index is 1.59. The van der Waals surface area contributed by atoms with E-state index in [0.29, 0.717) is 83.2 Å². The third-order valence-corrected chi connectivity index (χ3v) is 8.81. The molecule has 0 radical (unpaired) electrons. The Hall–Kier alpha value is -4.50. The molecule has 3 heterocycles. The molecule has 0 aromatic heterocycles. The molecule has 2 aromatic rings. The van der Waals surface area contributed by atoms with Crippen molar-refractivity contribution >= 4 is 34.6 Å². The van der Waals surface area contributed by atoms with Crippen LogP contribution < -0.4 is 10.6 Å². The molecule has 0 saturated carbocycles. The first-order chi connectivity index (χ1) is 21.7. The number of morpholine rings is 1. The van der Waals surface area contributed by atoms with Crippen LogP contribution in [0.25, 0.3) is 11.1 Å². The highest BCUT2D eigenvalue weighted by molar-refractivity contribution is 6.34. The second kappa shape index (κ2) is 13.6. The zero-order valence-corrected chi connectivity index (χ0v) is 26.2. The summed E-state index contributed by atoms with van der Waals surface area (Å²) in [6.45, 7) is 9.96. The monoisotopic (exact) mass is 612 g/mol. The summed E-state index contributed by atoms with van der Waals surface area (Å²) >= 11 is 0. The molecular weight excluding hydrogens is 572 g/mol. The fourth-order valence-corrected chi connectivity index (χ4v) is 6.14. The van der Waals surface area contributed by atoms with Crippen LogP contribution in [0.1, 0.15) is 47.8 Å². The lowest BCUT2D eigenvalue weighted by molar-refractivity contribution is -0.118. The van der Waals surface area contributed by atoms with Crippen LogP contribution in [0.2, 0.25) is 0 Å². The highest BCUT2D eigenvalue weighted by atomic mass is 16.5. The number of nitriles is 1. The Labute approximate surface area is 263 Å². The molecule has 2 atom stereocenters. The van der Waals surface area contributed by atoms with E-state index in [1.165, 1.54) is 0 Å². The molecule has 3 amide bonds. The molecule has 3 aliphatic heterocycles. The summed E-state index contributed by atoms with van der Waals surface area (Å²) in [4.78, 5) is 46.7. The molecule has 0 aliphatic carbocycles. The maximum atomic E-state index is 13.9. The van der Waals surface area contributed by atoms with E-state index >= 15 is 0 Å². The molecule has 11 heteroatoms. The number of nitrogens with zero attached hydrogens (tertiary/aromatic N) is 4. The normalized spacial score (nSPS) is 20.3. The predicted octanol–water partition coefficient (Wildman–Crippen LogP) is 2.30. The number of hydrogen-bond acceptors (Lipinski definition) is 8. The average molecular weight is 613 g/mol. The molecule has 0 spiro atoms. The fraction of sp³-hybridized carbons (Fsp3) is 0.412. The molecule has 1 fully saturated rings. The fourth-order valence-electron chi connectivity index (χ4n) is 6.14. The van der Waals surface area contributed by atoms with E-state index in [4.69, 9.17) is 4.74 Å². The number of nitrogens with one attached hydrogen (secondary N) is 2. The smallest absolute Gasteiger partial charge is 0.258 e. The van der Waals surface area contributed by atoms with E-state index in [9.17, 15) is 24.8 Å². The number of allylic oxidation sites excluding steroid dienone is 1. The van der Waals surface area contributed by atoms with Gasteiger partial charge in [0.25, 0.3) is 11.8 Å². The summed E-state index contributed by atoms with van der Waals surface area (Å²) in [7, 11) is 1.83. The Morgan fingerprint density at radius 1 is 1.13 bits per heavy atom. The summed E-state index contributed by atoms with van der Waals surface area (Å²) in [5.74, 6) is -0.820. The van der Waals surface area contributed by atoms with Gasteiger partial charge < -0.3 is 35.2 Å². The van der Waals surface area contributed by atoms with E-state index in [1.54, 1.807) is 47.4 Å². The number of carbonyl (C=O) groups excluding carboxylic acids is 3. The van der Waals surface area contributed by atoms with Crippen molar-refractivity contribution < 1.29 is 24.2 Å². The van der Waals surface area contributed by atoms with Gasteiger partial charge in [-0.3, -0.25) is 14.4 Å². The minimum Gasteiger partial charge on any atom is -0.390 e. The summed E-state index contributed by atoms with van der Waals surface area (Å²) < 4.78 is 5.40. The Bertz CT molecular complexity index is 1580. The van der Waals surface area contributed by atoms with Crippen LogP contribution in [-0.4, -0.2) is 109 Å². The van der Waals surface area contributed by atoms with Crippen molar-refractivity contribution in [3.8, 4) is 6.07 Å². The highest BCUT2D eigenvalue weighted by Gasteiger charge is 2.41. The van der Waals surface area contributed by atoms with Gasteiger partial charge in [0, 0.05) is 61.2 Å². The number of aliphatic hydroxyl groups excluding tert-OH is 1. The number of aliphatic hydroxyl groups is 1. The highest BCUT2D eigenvalue weighted by Crippen LogP contribution is 2.46. The molecule has 1 saturated heterocycles. The average Bonchev–Trinajstić information content (AvgIpc) is 3.52. The summed E-state index contributed by atoms with van der Waals surface area (Å²) in [5.41, 5.74) is 4.68. The van der Waals surface area contributed by atoms with Crippen LogP contribution in [0.15, 0.2) is 53.7 Å². The quantitative estimate of drug-likeness (QED) is 0.367. The van der Waals surface area contributed by atoms with Crippen LogP contribution in [0.5, 0.6) is 0 Å². The van der Waals surface area contributed by atoms with Crippen molar-refractivity contribution in [2.45, 2.75) is 32.9 Å². The molecule has 3 aliphatic rings. The first-order valence-electron chi connectivity index (χ1n) is 15.4. The molecule has 2 unspecified atom stereocenters. The van der Waals surface area contributed by atoms with Crippen molar-refractivity contribution in [1.29, 1.82) is 5.26 Å². The second-order valence-electron chi connectivity index (χ2n) is 11.5. The van der Waals surface area contributed by atoms with E-state index in [0.717, 1.165) is 13.1 Å². The molecule has 5 rings (SSSR count). The minimum absolute atomic E-state index is 0.0676. The number of hydrogen-bond donors (Lipinski definition) is 3. The van der Waals surface area contributed by atoms with Crippen LogP contribution in [0, 0.1) is 11.3 Å². The zero-order chi connectivity index (χ0) is 32.2. The Kier molecular flexibility index (Phi) is 9.68. The Morgan fingerprint density at radius 2 is 1.82 bits per heavy atom. The van der Waals surface area contributed by atoms with Crippen molar-refractivity contribution in [2.24, 2.45) is 0 Å². The first kappa shape index (κ1) is 31.9. The second-order valence-corrected chi connectivity index (χ2v) is 11.5. The van der Waals surface area contributed by atoms with Gasteiger partial charge >= 0.3 is 0 Å². The lowest BCUT2D eigenvalue weighted by Crippen LogP contribution is -2.41. The van der Waals surface area contributed by atoms with E-state index in [-0.39, 0.29) is 24.3 Å². The summed E-state index contributed by atoms with van der Waals surface area (Å²) in [6.07, 6.45) is -0.755. The number of carbonyl (C=O) groups is 3. The van der Waals surface area contributed by atoms with Gasteiger partial charge in [0.1, 0.15) is 0 Å². The van der Waals surface area contributed by atoms with Gasteiger partial charge in [-0.05, 0) is 55.9 Å². The SMILES string of the molecule is CCN(CC)CC(O)CNC(=O)C1=C(c2ccc(C#N)cc2)C(=C2C(=O)Nc3ccc(C(=O)N4CCOCC4)cc32)N(C)C1C. The van der Waals surface area contributed by atoms with Gasteiger partial charge in [0.2, 0.25) is 5.91 Å². The maximum absolute atomic E-state index is 13.9. The number of ether oxygens (including phenoxy) is 1. The summed E-state index contributed by atoms with van der Waals surface area (Å²) in [6, 6.07) is 13.8. The van der Waals surface area contributed by atoms with Crippen molar-refractivity contribution in [3.63, 3.8) is 0 Å². The lowest BCUT2D eigenvalue weighted by Gasteiger charge is -2.27. The molecule has 0 bridgehead atoms. The van der Waals surface area contributed by atoms with Crippen LogP contribution in [-0.2, 0) is 14.3 Å². The molecule has 45 heavy (non-hydrogen) atoms. The van der Waals surface area contributed by atoms with Crippen molar-refractivity contribution in [3.05, 3.63) is 76.0 Å². The summed E-state index contributed by atoms with van der Waals surface area (Å²) in [5, 5.41) is 25.9. The first-order valence-corrected chi connectivity index (χ1v) is 15.4. The molecule has 11 nitrogen and oxygen atoms in total. The maximum Gasteiger partial charge on any atom is 0.258 e. The number of rotatable bonds is 9. The van der Waals surface area contributed by atoms with Gasteiger partial charge in [-0.15, -0.1) is 0 Å². The molecule has 2 aromatic carbocycles. The van der Waals surface area contributed by atoms with Gasteiger partial charge in [0.05, 0.1) is 48.3 Å². The van der Waals surface area contributed by atoms with Crippen molar-refractivity contribution in [2.75, 3.05) is 64.8 Å². The minimum atomic E-state index is -0.755. The standard InChI is InChI=1S/C34H40N6O5/c1-5-39(6-2)20-25(41)19-36-32(42)28-21(3)38(4)31(29(28)23-9-7-22(18-35)8-10-23)30-26-17-24(11-12-27(26)37-33(30)43)34(44)40-13-15-45-16-14-40/h7-12,17,21,25,41H,5-6,13-16,19-20H2,1-4H3,(H,36,42)(H,37,43). The molecule has 236 valence electrons. The van der Waals surface area contributed by atoms with Crippen LogP contribution in [0.4, 0.5) is 5.69 Å². The van der Waals surface area contributed by atoms with Crippen LogP contribution >= 0.6 is 0 Å². The van der Waals surface area contributed by atoms with E-state index in [2.05, 4.69) is 21.6 Å². The largest absolute Gasteiger partial charge is 0.390 e. The van der Waals surface area contributed by atoms with Crippen molar-refractivity contribution in [1.82, 2.24) is 20.0 Å². The number of likely N-dealkylation sites (N-methyl/N-ethyl adjacent to an activating group) is 2. The number of fused-ring (bicyclic) bond motifs is 1. The third-order valence-electron chi connectivity index (χ3n) is 8.81. The van der Waals surface area contributed by atoms with Crippen LogP contribution in [0.3, 0.4) is 0 Å². The predicted molar refractivity (Wildman–Crippen MR) is 171 cm³/mol. The van der Waals surface area contributed by atoms with E-state index < -0.39 is 12.1 Å². The topological polar surface area (TPSA) is 138 Å². The lowest BCUT2D eigenvalue weighted by atomic mass is 9.92. The van der Waals surface area contributed by atoms with Gasteiger partial charge in [0.15, 0.2) is 0 Å². The van der Waals surface area contributed by atoms with Gasteiger partial charge in [-0.2, -0.15) is 5.26 Å². The zero-order valence-electron chi connectivity index (χ0n) is 26.2. The number of anilines is 1. The Morgan fingerprint density at radius 3 is 2.47 bits per heavy atom. The molecule has 3 N–H and O–H groups in total. The third kappa shape index (κ3) is 6.35. The number of benzene rings is 2. The van der Waals surface area contributed by atoms with E-state index in [1.807, 2.05) is 32.7 Å².